The van der Waals surface area contributed by atoms with E-state index in [0.717, 1.165) is 11.4 Å². The monoisotopic (exact) mass is 309 g/mol. The smallest absolute Gasteiger partial charge is 0.122 e. The van der Waals surface area contributed by atoms with Crippen LogP contribution in [0.15, 0.2) is 30.6 Å². The Bertz CT molecular complexity index is 586. The van der Waals surface area contributed by atoms with E-state index in [0.29, 0.717) is 23.9 Å². The number of imidazole rings is 1. The molecule has 114 valence electrons. The molecule has 0 amide bonds. The Labute approximate surface area is 129 Å². The van der Waals surface area contributed by atoms with Crippen molar-refractivity contribution < 1.29 is 9.84 Å². The third-order valence-electron chi connectivity index (χ3n) is 3.16. The maximum Gasteiger partial charge on any atom is 0.122 e. The molecule has 2 rings (SSSR count). The molecule has 1 aromatic heterocycles. The Balaban J connectivity index is 1.71. The minimum atomic E-state index is -0.582. The Morgan fingerprint density at radius 1 is 1.48 bits per heavy atom. The number of aliphatic hydroxyl groups excluding tert-OH is 1. The van der Waals surface area contributed by atoms with E-state index < -0.39 is 6.10 Å². The van der Waals surface area contributed by atoms with Crippen LogP contribution in [0.5, 0.6) is 5.75 Å². The van der Waals surface area contributed by atoms with Crippen LogP contribution in [0.1, 0.15) is 11.4 Å². The average Bonchev–Trinajstić information content (AvgIpc) is 2.86. The van der Waals surface area contributed by atoms with Gasteiger partial charge >= 0.3 is 0 Å². The zero-order chi connectivity index (χ0) is 15.2. The summed E-state index contributed by atoms with van der Waals surface area (Å²) in [6.07, 6.45) is 3.06. The topological polar surface area (TPSA) is 59.3 Å². The van der Waals surface area contributed by atoms with Gasteiger partial charge in [0.1, 0.15) is 24.3 Å². The molecule has 2 aromatic rings. The number of benzene rings is 1. The molecule has 5 nitrogen and oxygen atoms in total. The number of ether oxygens (including phenoxy) is 1. The van der Waals surface area contributed by atoms with Crippen LogP contribution in [0, 0.1) is 6.92 Å². The number of nitrogens with zero attached hydrogens (tertiary/aromatic N) is 2. The third-order valence-corrected chi connectivity index (χ3v) is 3.58. The molecule has 1 unspecified atom stereocenters. The maximum atomic E-state index is 9.89. The lowest BCUT2D eigenvalue weighted by Crippen LogP contribution is -2.31. The van der Waals surface area contributed by atoms with E-state index in [9.17, 15) is 5.11 Å². The first-order chi connectivity index (χ1) is 10.1. The highest BCUT2D eigenvalue weighted by Gasteiger charge is 2.07. The van der Waals surface area contributed by atoms with Crippen LogP contribution in [-0.4, -0.2) is 33.9 Å². The molecule has 2 N–H and O–H groups in total. The van der Waals surface area contributed by atoms with Crippen LogP contribution in [0.25, 0.3) is 0 Å². The lowest BCUT2D eigenvalue weighted by atomic mass is 10.2. The Morgan fingerprint density at radius 3 is 2.95 bits per heavy atom. The number of nitrogens with one attached hydrogen (secondary N) is 1. The highest BCUT2D eigenvalue weighted by Crippen LogP contribution is 2.21. The van der Waals surface area contributed by atoms with E-state index in [1.54, 1.807) is 18.3 Å². The molecule has 1 heterocycles. The quantitative estimate of drug-likeness (QED) is 0.820. The van der Waals surface area contributed by atoms with Gasteiger partial charge in [-0.1, -0.05) is 11.6 Å². The molecule has 0 spiro atoms. The number of aryl methyl sites for hydroxylation is 2. The molecule has 1 aromatic carbocycles. The Morgan fingerprint density at radius 2 is 2.29 bits per heavy atom. The van der Waals surface area contributed by atoms with Crippen molar-refractivity contribution in [3.8, 4) is 5.75 Å². The zero-order valence-electron chi connectivity index (χ0n) is 12.2. The molecule has 0 aliphatic carbocycles. The summed E-state index contributed by atoms with van der Waals surface area (Å²) in [5.41, 5.74) is 0.955. The van der Waals surface area contributed by atoms with Crippen LogP contribution in [0.3, 0.4) is 0 Å². The van der Waals surface area contributed by atoms with Gasteiger partial charge in [0.25, 0.3) is 0 Å². The molecule has 0 fully saturated rings. The molecular weight excluding hydrogens is 290 g/mol. The first-order valence-corrected chi connectivity index (χ1v) is 7.18. The second-order valence-electron chi connectivity index (χ2n) is 4.96. The molecule has 0 aliphatic rings. The minimum absolute atomic E-state index is 0.231. The maximum absolute atomic E-state index is 9.89. The van der Waals surface area contributed by atoms with Gasteiger partial charge in [-0.05, 0) is 30.7 Å². The number of hydrogen-bond donors (Lipinski definition) is 2. The fraction of sp³-hybridized carbons (Fsp3) is 0.400. The lowest BCUT2D eigenvalue weighted by molar-refractivity contribution is 0.106. The van der Waals surface area contributed by atoms with E-state index in [-0.39, 0.29) is 6.61 Å². The summed E-state index contributed by atoms with van der Waals surface area (Å²) in [5.74, 6) is 1.64. The van der Waals surface area contributed by atoms with Gasteiger partial charge in [-0.15, -0.1) is 0 Å². The van der Waals surface area contributed by atoms with Gasteiger partial charge in [-0.3, -0.25) is 0 Å². The Kier molecular flexibility index (Phi) is 5.61. The summed E-state index contributed by atoms with van der Waals surface area (Å²) in [4.78, 5) is 4.20. The second-order valence-corrected chi connectivity index (χ2v) is 5.37. The molecule has 0 radical (unpaired) electrons. The van der Waals surface area contributed by atoms with Crippen LogP contribution in [0.4, 0.5) is 0 Å². The summed E-state index contributed by atoms with van der Waals surface area (Å²) < 4.78 is 7.48. The van der Waals surface area contributed by atoms with Gasteiger partial charge in [0.2, 0.25) is 0 Å². The number of hydrogen-bond acceptors (Lipinski definition) is 4. The summed E-state index contributed by atoms with van der Waals surface area (Å²) in [7, 11) is 1.94. The molecule has 0 saturated carbocycles. The standard InChI is InChI=1S/C15H20ClN3O2/c1-11-7-13(3-4-14(11)16)21-10-12(20)8-17-9-15-18-5-6-19(15)2/h3-7,12,17,20H,8-10H2,1-2H3. The van der Waals surface area contributed by atoms with Crippen molar-refractivity contribution in [2.75, 3.05) is 13.2 Å². The molecule has 0 aliphatic heterocycles. The first-order valence-electron chi connectivity index (χ1n) is 6.80. The van der Waals surface area contributed by atoms with Crippen LogP contribution in [-0.2, 0) is 13.6 Å². The van der Waals surface area contributed by atoms with Gasteiger partial charge in [0.15, 0.2) is 0 Å². The van der Waals surface area contributed by atoms with Crippen molar-refractivity contribution in [1.29, 1.82) is 0 Å². The number of rotatable bonds is 7. The Hall–Kier alpha value is -1.56. The predicted octanol–water partition coefficient (Wildman–Crippen LogP) is 1.91. The van der Waals surface area contributed by atoms with Crippen molar-refractivity contribution in [2.45, 2.75) is 19.6 Å². The highest BCUT2D eigenvalue weighted by molar-refractivity contribution is 6.31. The average molecular weight is 310 g/mol. The van der Waals surface area contributed by atoms with E-state index in [1.165, 1.54) is 0 Å². The minimum Gasteiger partial charge on any atom is -0.491 e. The number of aliphatic hydroxyl groups is 1. The van der Waals surface area contributed by atoms with E-state index >= 15 is 0 Å². The highest BCUT2D eigenvalue weighted by atomic mass is 35.5. The molecule has 6 heteroatoms. The zero-order valence-corrected chi connectivity index (χ0v) is 13.0. The molecular formula is C15H20ClN3O2. The lowest BCUT2D eigenvalue weighted by Gasteiger charge is -2.14. The van der Waals surface area contributed by atoms with Crippen molar-refractivity contribution in [1.82, 2.24) is 14.9 Å². The molecule has 1 atom stereocenters. The molecule has 21 heavy (non-hydrogen) atoms. The molecule has 0 saturated heterocycles. The SMILES string of the molecule is Cc1cc(OCC(O)CNCc2nccn2C)ccc1Cl. The van der Waals surface area contributed by atoms with Crippen molar-refractivity contribution >= 4 is 11.6 Å². The van der Waals surface area contributed by atoms with Gasteiger partial charge < -0.3 is 19.7 Å². The van der Waals surface area contributed by atoms with Crippen LogP contribution >= 0.6 is 11.6 Å². The molecule has 0 bridgehead atoms. The number of halogens is 1. The largest absolute Gasteiger partial charge is 0.491 e. The van der Waals surface area contributed by atoms with Crippen molar-refractivity contribution in [3.05, 3.63) is 47.0 Å². The van der Waals surface area contributed by atoms with E-state index in [1.807, 2.05) is 30.8 Å². The summed E-state index contributed by atoms with van der Waals surface area (Å²) in [6.45, 7) is 3.20. The number of aromatic nitrogens is 2. The van der Waals surface area contributed by atoms with Gasteiger partial charge in [-0.25, -0.2) is 4.98 Å². The summed E-state index contributed by atoms with van der Waals surface area (Å²) in [6, 6.07) is 5.44. The second kappa shape index (κ2) is 7.45. The first kappa shape index (κ1) is 15.8. The van der Waals surface area contributed by atoms with Crippen LogP contribution < -0.4 is 10.1 Å². The summed E-state index contributed by atoms with van der Waals surface area (Å²) >= 11 is 5.95. The normalized spacial score (nSPS) is 12.4. The van der Waals surface area contributed by atoms with Crippen molar-refractivity contribution in [3.63, 3.8) is 0 Å². The van der Waals surface area contributed by atoms with E-state index in [4.69, 9.17) is 16.3 Å². The summed E-state index contributed by atoms with van der Waals surface area (Å²) in [5, 5.41) is 13.8. The van der Waals surface area contributed by atoms with Gasteiger partial charge in [0, 0.05) is 31.0 Å². The van der Waals surface area contributed by atoms with Crippen molar-refractivity contribution in [2.24, 2.45) is 7.05 Å². The van der Waals surface area contributed by atoms with E-state index in [2.05, 4.69) is 10.3 Å². The predicted molar refractivity (Wildman–Crippen MR) is 82.6 cm³/mol. The van der Waals surface area contributed by atoms with Crippen LogP contribution in [0.2, 0.25) is 5.02 Å². The third kappa shape index (κ3) is 4.74. The van der Waals surface area contributed by atoms with Gasteiger partial charge in [0.05, 0.1) is 6.54 Å². The fourth-order valence-electron chi connectivity index (χ4n) is 1.88. The fourth-order valence-corrected chi connectivity index (χ4v) is 1.99. The van der Waals surface area contributed by atoms with Gasteiger partial charge in [-0.2, -0.15) is 0 Å².